The Morgan fingerprint density at radius 1 is 1.42 bits per heavy atom. The monoisotopic (exact) mass is 244 g/mol. The second kappa shape index (κ2) is 4.68. The van der Waals surface area contributed by atoms with Gasteiger partial charge < -0.3 is 0 Å². The van der Waals surface area contributed by atoms with E-state index in [0.29, 0.717) is 5.88 Å². The number of hydrogen-bond acceptors (Lipinski definition) is 0. The predicted molar refractivity (Wildman–Crippen MR) is 58.6 cm³/mol. The number of allylic oxidation sites excluding steroid dienone is 1. The van der Waals surface area contributed by atoms with Crippen molar-refractivity contribution in [2.75, 3.05) is 5.88 Å². The van der Waals surface area contributed by atoms with E-state index in [1.165, 1.54) is 11.1 Å². The molecule has 0 atom stereocenters. The van der Waals surface area contributed by atoms with Crippen LogP contribution in [0.5, 0.6) is 0 Å². The number of benzene rings is 1. The first kappa shape index (κ1) is 9.82. The Balaban J connectivity index is 2.93. The average Bonchev–Trinajstić information content (AvgIpc) is 1.99. The molecule has 0 N–H and O–H groups in total. The van der Waals surface area contributed by atoms with Crippen molar-refractivity contribution in [2.24, 2.45) is 0 Å². The number of hydrogen-bond donors (Lipinski definition) is 0. The molecule has 0 saturated heterocycles. The minimum atomic E-state index is 0.561. The third kappa shape index (κ3) is 3.00. The van der Waals surface area contributed by atoms with E-state index >= 15 is 0 Å². The molecular formula is C10H10BrCl. The smallest absolute Gasteiger partial charge is 0.0407 e. The van der Waals surface area contributed by atoms with Crippen molar-refractivity contribution < 1.29 is 0 Å². The minimum absolute atomic E-state index is 0.561. The highest BCUT2D eigenvalue weighted by Crippen LogP contribution is 2.16. The van der Waals surface area contributed by atoms with E-state index in [-0.39, 0.29) is 0 Å². The highest BCUT2D eigenvalue weighted by Gasteiger charge is 1.91. The van der Waals surface area contributed by atoms with Crippen molar-refractivity contribution in [1.29, 1.82) is 0 Å². The molecule has 0 nitrogen and oxygen atoms in total. The molecule has 12 heavy (non-hydrogen) atoms. The lowest BCUT2D eigenvalue weighted by Crippen LogP contribution is -1.77. The van der Waals surface area contributed by atoms with E-state index in [1.807, 2.05) is 12.2 Å². The molecular weight excluding hydrogens is 235 g/mol. The van der Waals surface area contributed by atoms with E-state index in [2.05, 4.69) is 41.1 Å². The van der Waals surface area contributed by atoms with Crippen molar-refractivity contribution >= 4 is 33.6 Å². The van der Waals surface area contributed by atoms with E-state index in [0.717, 1.165) is 4.47 Å². The molecule has 0 radical (unpaired) electrons. The minimum Gasteiger partial charge on any atom is -0.122 e. The summed E-state index contributed by atoms with van der Waals surface area (Å²) >= 11 is 8.97. The maximum atomic E-state index is 5.53. The summed E-state index contributed by atoms with van der Waals surface area (Å²) in [5.74, 6) is 0.561. The second-order valence-electron chi connectivity index (χ2n) is 2.62. The van der Waals surface area contributed by atoms with Crippen LogP contribution in [0.1, 0.15) is 11.1 Å². The molecule has 0 bridgehead atoms. The fourth-order valence-corrected chi connectivity index (χ4v) is 1.76. The van der Waals surface area contributed by atoms with Gasteiger partial charge in [-0.25, -0.2) is 0 Å². The molecule has 64 valence electrons. The first-order valence-electron chi connectivity index (χ1n) is 3.72. The fraction of sp³-hybridized carbons (Fsp3) is 0.200. The van der Waals surface area contributed by atoms with Gasteiger partial charge in [0.15, 0.2) is 0 Å². The molecule has 0 aliphatic heterocycles. The van der Waals surface area contributed by atoms with Crippen LogP contribution in [0, 0.1) is 6.92 Å². The van der Waals surface area contributed by atoms with Gasteiger partial charge >= 0.3 is 0 Å². The van der Waals surface area contributed by atoms with Crippen molar-refractivity contribution in [3.8, 4) is 0 Å². The third-order valence-corrected chi connectivity index (χ3v) is 2.10. The van der Waals surface area contributed by atoms with Gasteiger partial charge in [-0.05, 0) is 30.2 Å². The quantitative estimate of drug-likeness (QED) is 0.691. The Labute approximate surface area is 86.4 Å². The van der Waals surface area contributed by atoms with Crippen LogP contribution in [0.3, 0.4) is 0 Å². The summed E-state index contributed by atoms with van der Waals surface area (Å²) in [4.78, 5) is 0. The van der Waals surface area contributed by atoms with Crippen LogP contribution in [0.15, 0.2) is 28.7 Å². The lowest BCUT2D eigenvalue weighted by atomic mass is 10.1. The fourth-order valence-electron chi connectivity index (χ4n) is 1.04. The van der Waals surface area contributed by atoms with Gasteiger partial charge in [0.1, 0.15) is 0 Å². The van der Waals surface area contributed by atoms with Crippen molar-refractivity contribution in [3.63, 3.8) is 0 Å². The summed E-state index contributed by atoms with van der Waals surface area (Å²) in [5.41, 5.74) is 2.43. The number of aryl methyl sites for hydroxylation is 1. The summed E-state index contributed by atoms with van der Waals surface area (Å²) < 4.78 is 1.11. The number of alkyl halides is 1. The summed E-state index contributed by atoms with van der Waals surface area (Å²) in [6.45, 7) is 2.07. The van der Waals surface area contributed by atoms with Gasteiger partial charge in [-0.15, -0.1) is 11.6 Å². The first-order chi connectivity index (χ1) is 5.72. The maximum Gasteiger partial charge on any atom is 0.0407 e. The van der Waals surface area contributed by atoms with Crippen LogP contribution in [-0.2, 0) is 0 Å². The molecule has 0 aliphatic rings. The summed E-state index contributed by atoms with van der Waals surface area (Å²) in [6.07, 6.45) is 3.95. The molecule has 0 saturated carbocycles. The Morgan fingerprint density at radius 2 is 2.17 bits per heavy atom. The van der Waals surface area contributed by atoms with E-state index < -0.39 is 0 Å². The highest BCUT2D eigenvalue weighted by atomic mass is 79.9. The summed E-state index contributed by atoms with van der Waals surface area (Å²) in [5, 5.41) is 0. The molecule has 0 spiro atoms. The van der Waals surface area contributed by atoms with E-state index in [9.17, 15) is 0 Å². The van der Waals surface area contributed by atoms with Gasteiger partial charge in [0.2, 0.25) is 0 Å². The van der Waals surface area contributed by atoms with Crippen LogP contribution in [0.2, 0.25) is 0 Å². The lowest BCUT2D eigenvalue weighted by Gasteiger charge is -1.97. The van der Waals surface area contributed by atoms with Gasteiger partial charge in [-0.1, -0.05) is 34.1 Å². The molecule has 0 heterocycles. The van der Waals surface area contributed by atoms with Crippen molar-refractivity contribution in [3.05, 3.63) is 39.9 Å². The molecule has 0 aromatic heterocycles. The Bertz CT molecular complexity index is 272. The van der Waals surface area contributed by atoms with Gasteiger partial charge in [-0.3, -0.25) is 0 Å². The molecule has 2 heteroatoms. The standard InChI is InChI=1S/C10H10BrCl/c1-8-5-9(3-2-4-12)7-10(11)6-8/h2-3,5-7H,4H2,1H3. The number of rotatable bonds is 2. The molecule has 0 amide bonds. The first-order valence-corrected chi connectivity index (χ1v) is 5.05. The average molecular weight is 246 g/mol. The van der Waals surface area contributed by atoms with Crippen LogP contribution < -0.4 is 0 Å². The zero-order valence-corrected chi connectivity index (χ0v) is 9.19. The van der Waals surface area contributed by atoms with Gasteiger partial charge in [0, 0.05) is 10.4 Å². The maximum absolute atomic E-state index is 5.53. The molecule has 0 unspecified atom stereocenters. The third-order valence-electron chi connectivity index (χ3n) is 1.46. The van der Waals surface area contributed by atoms with E-state index in [4.69, 9.17) is 11.6 Å². The van der Waals surface area contributed by atoms with Crippen LogP contribution >= 0.6 is 27.5 Å². The summed E-state index contributed by atoms with van der Waals surface area (Å²) in [7, 11) is 0. The van der Waals surface area contributed by atoms with Crippen LogP contribution in [0.25, 0.3) is 6.08 Å². The molecule has 0 fully saturated rings. The van der Waals surface area contributed by atoms with Crippen LogP contribution in [-0.4, -0.2) is 5.88 Å². The topological polar surface area (TPSA) is 0 Å². The predicted octanol–water partition coefficient (Wildman–Crippen LogP) is 4.01. The molecule has 0 aliphatic carbocycles. The second-order valence-corrected chi connectivity index (χ2v) is 3.84. The summed E-state index contributed by atoms with van der Waals surface area (Å²) in [6, 6.07) is 6.27. The van der Waals surface area contributed by atoms with Crippen molar-refractivity contribution in [1.82, 2.24) is 0 Å². The SMILES string of the molecule is Cc1cc(Br)cc(C=CCCl)c1. The van der Waals surface area contributed by atoms with Gasteiger partial charge in [0.05, 0.1) is 0 Å². The normalized spacial score (nSPS) is 10.9. The molecule has 1 aromatic carbocycles. The van der Waals surface area contributed by atoms with Crippen molar-refractivity contribution in [2.45, 2.75) is 6.92 Å². The van der Waals surface area contributed by atoms with Gasteiger partial charge in [0.25, 0.3) is 0 Å². The van der Waals surface area contributed by atoms with E-state index in [1.54, 1.807) is 0 Å². The van der Waals surface area contributed by atoms with Gasteiger partial charge in [-0.2, -0.15) is 0 Å². The Kier molecular flexibility index (Phi) is 3.83. The molecule has 1 aromatic rings. The largest absolute Gasteiger partial charge is 0.122 e. The zero-order chi connectivity index (χ0) is 8.97. The van der Waals surface area contributed by atoms with Crippen LogP contribution in [0.4, 0.5) is 0 Å². The Morgan fingerprint density at radius 3 is 2.75 bits per heavy atom. The zero-order valence-electron chi connectivity index (χ0n) is 6.85. The highest BCUT2D eigenvalue weighted by molar-refractivity contribution is 9.10. The molecule has 1 rings (SSSR count). The number of halogens is 2. The lowest BCUT2D eigenvalue weighted by molar-refractivity contribution is 1.44. The Hall–Kier alpha value is -0.270.